The maximum absolute atomic E-state index is 12.6. The predicted molar refractivity (Wildman–Crippen MR) is 92.3 cm³/mol. The normalized spacial score (nSPS) is 14.8. The van der Waals surface area contributed by atoms with E-state index in [1.165, 1.54) is 0 Å². The highest BCUT2D eigenvalue weighted by molar-refractivity contribution is 6.00. The predicted octanol–water partition coefficient (Wildman–Crippen LogP) is 4.47. The Kier molecular flexibility index (Phi) is 3.91. The highest BCUT2D eigenvalue weighted by Crippen LogP contribution is 2.36. The third kappa shape index (κ3) is 2.73. The molecule has 1 aromatic carbocycles. The molecule has 2 aromatic heterocycles. The topological polar surface area (TPSA) is 70.9 Å². The van der Waals surface area contributed by atoms with Crippen LogP contribution < -0.4 is 5.32 Å². The van der Waals surface area contributed by atoms with Gasteiger partial charge in [-0.1, -0.05) is 43.2 Å². The van der Waals surface area contributed by atoms with Crippen molar-refractivity contribution in [3.63, 3.8) is 0 Å². The van der Waals surface area contributed by atoms with Crippen molar-refractivity contribution < 1.29 is 9.21 Å². The van der Waals surface area contributed by atoms with Gasteiger partial charge in [0.2, 0.25) is 5.91 Å². The van der Waals surface area contributed by atoms with Crippen molar-refractivity contribution in [2.45, 2.75) is 25.7 Å². The Balaban J connectivity index is 1.73. The van der Waals surface area contributed by atoms with Crippen molar-refractivity contribution in [3.8, 4) is 22.7 Å². The van der Waals surface area contributed by atoms with Crippen LogP contribution in [0.1, 0.15) is 25.7 Å². The number of aromatic nitrogens is 2. The fraction of sp³-hybridized carbons (Fsp3) is 0.263. The van der Waals surface area contributed by atoms with Gasteiger partial charge in [-0.3, -0.25) is 9.89 Å². The number of H-pyrrole nitrogens is 1. The standard InChI is InChI=1S/C19H19N3O2/c23-19(14-9-4-5-10-14)20-18-16(13-7-2-1-3-8-13)21-22-17(18)15-11-6-12-24-15/h1-3,6-8,11-12,14H,4-5,9-10H2,(H,20,23)(H,21,22). The summed E-state index contributed by atoms with van der Waals surface area (Å²) in [5, 5.41) is 10.5. The molecule has 0 saturated heterocycles. The van der Waals surface area contributed by atoms with E-state index in [4.69, 9.17) is 4.42 Å². The first-order valence-corrected chi connectivity index (χ1v) is 8.31. The summed E-state index contributed by atoms with van der Waals surface area (Å²) in [5.41, 5.74) is 3.07. The Bertz CT molecular complexity index is 816. The van der Waals surface area contributed by atoms with E-state index in [1.807, 2.05) is 42.5 Å². The molecule has 0 spiro atoms. The summed E-state index contributed by atoms with van der Waals surface area (Å²) < 4.78 is 5.49. The summed E-state index contributed by atoms with van der Waals surface area (Å²) in [6.45, 7) is 0. The Morgan fingerprint density at radius 2 is 1.92 bits per heavy atom. The summed E-state index contributed by atoms with van der Waals surface area (Å²) in [5.74, 6) is 0.818. The van der Waals surface area contributed by atoms with E-state index in [0.717, 1.165) is 36.9 Å². The highest BCUT2D eigenvalue weighted by Gasteiger charge is 2.26. The van der Waals surface area contributed by atoms with E-state index in [9.17, 15) is 4.79 Å². The van der Waals surface area contributed by atoms with Crippen LogP contribution in [0.15, 0.2) is 53.1 Å². The molecule has 1 aliphatic carbocycles. The zero-order valence-electron chi connectivity index (χ0n) is 13.3. The van der Waals surface area contributed by atoms with Gasteiger partial charge in [0.25, 0.3) is 0 Å². The van der Waals surface area contributed by atoms with Gasteiger partial charge in [0.15, 0.2) is 5.76 Å². The molecular weight excluding hydrogens is 302 g/mol. The lowest BCUT2D eigenvalue weighted by molar-refractivity contribution is -0.119. The molecular formula is C19H19N3O2. The molecule has 5 nitrogen and oxygen atoms in total. The second-order valence-corrected chi connectivity index (χ2v) is 6.14. The van der Waals surface area contributed by atoms with Crippen LogP contribution in [-0.2, 0) is 4.79 Å². The molecule has 24 heavy (non-hydrogen) atoms. The van der Waals surface area contributed by atoms with Gasteiger partial charge >= 0.3 is 0 Å². The van der Waals surface area contributed by atoms with E-state index in [2.05, 4.69) is 15.5 Å². The number of furan rings is 1. The Morgan fingerprint density at radius 3 is 2.62 bits per heavy atom. The quantitative estimate of drug-likeness (QED) is 0.745. The van der Waals surface area contributed by atoms with Crippen LogP contribution in [0.25, 0.3) is 22.7 Å². The van der Waals surface area contributed by atoms with Gasteiger partial charge in [-0.05, 0) is 25.0 Å². The van der Waals surface area contributed by atoms with Crippen molar-refractivity contribution in [1.82, 2.24) is 10.2 Å². The fourth-order valence-electron chi connectivity index (χ4n) is 3.28. The Labute approximate surface area is 140 Å². The van der Waals surface area contributed by atoms with Crippen LogP contribution in [0.3, 0.4) is 0 Å². The molecule has 5 heteroatoms. The van der Waals surface area contributed by atoms with Gasteiger partial charge in [0.05, 0.1) is 12.0 Å². The number of nitrogens with one attached hydrogen (secondary N) is 2. The van der Waals surface area contributed by atoms with Crippen molar-refractivity contribution in [2.24, 2.45) is 5.92 Å². The molecule has 0 aliphatic heterocycles. The molecule has 0 radical (unpaired) electrons. The van der Waals surface area contributed by atoms with Crippen molar-refractivity contribution in [2.75, 3.05) is 5.32 Å². The summed E-state index contributed by atoms with van der Waals surface area (Å²) in [6, 6.07) is 13.5. The molecule has 1 aliphatic rings. The molecule has 4 rings (SSSR count). The number of carbonyl (C=O) groups excluding carboxylic acids is 1. The number of anilines is 1. The first kappa shape index (κ1) is 14.8. The van der Waals surface area contributed by atoms with Crippen LogP contribution in [0.2, 0.25) is 0 Å². The number of hydrogen-bond donors (Lipinski definition) is 2. The van der Waals surface area contributed by atoms with Crippen LogP contribution >= 0.6 is 0 Å². The third-order valence-electron chi connectivity index (χ3n) is 4.56. The molecule has 0 bridgehead atoms. The van der Waals surface area contributed by atoms with E-state index < -0.39 is 0 Å². The minimum Gasteiger partial charge on any atom is -0.463 e. The number of carbonyl (C=O) groups is 1. The second-order valence-electron chi connectivity index (χ2n) is 6.14. The minimum atomic E-state index is 0.0684. The monoisotopic (exact) mass is 321 g/mol. The number of nitrogens with zero attached hydrogens (tertiary/aromatic N) is 1. The molecule has 1 amide bonds. The zero-order valence-corrected chi connectivity index (χ0v) is 13.3. The van der Waals surface area contributed by atoms with Crippen LogP contribution in [0, 0.1) is 5.92 Å². The first-order chi connectivity index (χ1) is 11.8. The van der Waals surface area contributed by atoms with Gasteiger partial charge < -0.3 is 9.73 Å². The lowest BCUT2D eigenvalue weighted by Gasteiger charge is -2.11. The van der Waals surface area contributed by atoms with E-state index in [1.54, 1.807) is 6.26 Å². The Morgan fingerprint density at radius 1 is 1.12 bits per heavy atom. The molecule has 2 heterocycles. The van der Waals surface area contributed by atoms with E-state index >= 15 is 0 Å². The van der Waals surface area contributed by atoms with Gasteiger partial charge in [0.1, 0.15) is 11.4 Å². The van der Waals surface area contributed by atoms with Crippen molar-refractivity contribution in [1.29, 1.82) is 0 Å². The maximum atomic E-state index is 12.6. The van der Waals surface area contributed by atoms with Gasteiger partial charge in [-0.2, -0.15) is 5.10 Å². The average Bonchev–Trinajstić information content (AvgIpc) is 3.36. The number of benzene rings is 1. The molecule has 3 aromatic rings. The summed E-state index contributed by atoms with van der Waals surface area (Å²) >= 11 is 0. The van der Waals surface area contributed by atoms with E-state index in [0.29, 0.717) is 17.1 Å². The number of hydrogen-bond acceptors (Lipinski definition) is 3. The summed E-state index contributed by atoms with van der Waals surface area (Å²) in [6.07, 6.45) is 5.78. The third-order valence-corrected chi connectivity index (χ3v) is 4.56. The highest BCUT2D eigenvalue weighted by atomic mass is 16.3. The van der Waals surface area contributed by atoms with Crippen LogP contribution in [0.4, 0.5) is 5.69 Å². The lowest BCUT2D eigenvalue weighted by atomic mass is 10.1. The smallest absolute Gasteiger partial charge is 0.227 e. The van der Waals surface area contributed by atoms with Gasteiger partial charge in [-0.25, -0.2) is 0 Å². The Hall–Kier alpha value is -2.82. The summed E-state index contributed by atoms with van der Waals surface area (Å²) in [4.78, 5) is 12.6. The van der Waals surface area contributed by atoms with Gasteiger partial charge in [0, 0.05) is 11.5 Å². The second kappa shape index (κ2) is 6.35. The fourth-order valence-corrected chi connectivity index (χ4v) is 3.28. The number of amides is 1. The molecule has 0 atom stereocenters. The number of aromatic amines is 1. The zero-order chi connectivity index (χ0) is 16.4. The SMILES string of the molecule is O=C(Nc1c(-c2ccccc2)n[nH]c1-c1ccco1)C1CCCC1. The molecule has 0 unspecified atom stereocenters. The van der Waals surface area contributed by atoms with Crippen LogP contribution in [0.5, 0.6) is 0 Å². The lowest BCUT2D eigenvalue weighted by Crippen LogP contribution is -2.20. The average molecular weight is 321 g/mol. The number of rotatable bonds is 4. The van der Waals surface area contributed by atoms with Crippen molar-refractivity contribution in [3.05, 3.63) is 48.7 Å². The first-order valence-electron chi connectivity index (χ1n) is 8.31. The maximum Gasteiger partial charge on any atom is 0.227 e. The molecule has 1 fully saturated rings. The largest absolute Gasteiger partial charge is 0.463 e. The van der Waals surface area contributed by atoms with E-state index in [-0.39, 0.29) is 11.8 Å². The van der Waals surface area contributed by atoms with Gasteiger partial charge in [-0.15, -0.1) is 0 Å². The van der Waals surface area contributed by atoms with Crippen molar-refractivity contribution >= 4 is 11.6 Å². The minimum absolute atomic E-state index is 0.0684. The molecule has 2 N–H and O–H groups in total. The molecule has 122 valence electrons. The summed E-state index contributed by atoms with van der Waals surface area (Å²) in [7, 11) is 0. The molecule has 1 saturated carbocycles. The van der Waals surface area contributed by atoms with Crippen LogP contribution in [-0.4, -0.2) is 16.1 Å².